The second-order valence-electron chi connectivity index (χ2n) is 6.66. The van der Waals surface area contributed by atoms with Gasteiger partial charge in [0.1, 0.15) is 12.0 Å². The largest absolute Gasteiger partial charge is 0.468 e. The summed E-state index contributed by atoms with van der Waals surface area (Å²) in [5.41, 5.74) is 5.31. The number of ketones is 1. The van der Waals surface area contributed by atoms with Gasteiger partial charge in [-0.2, -0.15) is 0 Å². The highest BCUT2D eigenvalue weighted by atomic mass is 16.3. The summed E-state index contributed by atoms with van der Waals surface area (Å²) in [5.74, 6) is 0.384. The highest BCUT2D eigenvalue weighted by Gasteiger charge is 2.28. The van der Waals surface area contributed by atoms with Crippen molar-refractivity contribution in [2.24, 2.45) is 0 Å². The fraction of sp³-hybridized carbons (Fsp3) is 0.421. The molecule has 4 rings (SSSR count). The lowest BCUT2D eigenvalue weighted by Gasteiger charge is -2.21. The van der Waals surface area contributed by atoms with E-state index in [0.29, 0.717) is 29.9 Å². The number of nitrogens with zero attached hydrogens (tertiary/aromatic N) is 1. The summed E-state index contributed by atoms with van der Waals surface area (Å²) in [6.07, 6.45) is 6.25. The molecule has 2 N–H and O–H groups in total. The van der Waals surface area contributed by atoms with Crippen LogP contribution >= 0.6 is 0 Å². The van der Waals surface area contributed by atoms with Crippen molar-refractivity contribution >= 4 is 11.7 Å². The van der Waals surface area contributed by atoms with Gasteiger partial charge in [0.15, 0.2) is 5.78 Å². The lowest BCUT2D eigenvalue weighted by atomic mass is 9.93. The van der Waals surface area contributed by atoms with Crippen LogP contribution in [0.4, 0.5) is 0 Å². The van der Waals surface area contributed by atoms with Crippen LogP contribution in [0, 0.1) is 6.92 Å². The topological polar surface area (TPSA) is 84.2 Å². The number of nitrogens with one attached hydrogen (secondary N) is 2. The number of hydrogen-bond donors (Lipinski definition) is 2. The van der Waals surface area contributed by atoms with Gasteiger partial charge >= 0.3 is 0 Å². The van der Waals surface area contributed by atoms with Crippen LogP contribution in [0.3, 0.4) is 0 Å². The van der Waals surface area contributed by atoms with E-state index >= 15 is 0 Å². The first-order valence-corrected chi connectivity index (χ1v) is 8.74. The first-order chi connectivity index (χ1) is 12.1. The summed E-state index contributed by atoms with van der Waals surface area (Å²) in [4.78, 5) is 29.2. The molecule has 6 heteroatoms. The maximum absolute atomic E-state index is 12.6. The molecule has 0 saturated heterocycles. The highest BCUT2D eigenvalue weighted by Crippen LogP contribution is 2.26. The molecule has 0 aromatic carbocycles. The molecule has 0 unspecified atom stereocenters. The van der Waals surface area contributed by atoms with E-state index in [-0.39, 0.29) is 11.7 Å². The maximum atomic E-state index is 12.6. The lowest BCUT2D eigenvalue weighted by Crippen LogP contribution is -2.29. The van der Waals surface area contributed by atoms with Crippen molar-refractivity contribution in [1.82, 2.24) is 15.6 Å². The SMILES string of the molecule is Cc1ncc2c(c1CNC(=O)c1coc3c1C(=O)CCC3)CCNC2. The number of aromatic nitrogens is 1. The number of Topliss-reactive ketones (excluding diaryl/α,β-unsaturated/α-hetero) is 1. The zero-order chi connectivity index (χ0) is 17.4. The molecule has 1 amide bonds. The fourth-order valence-corrected chi connectivity index (χ4v) is 3.73. The van der Waals surface area contributed by atoms with E-state index in [0.717, 1.165) is 43.6 Å². The Morgan fingerprint density at radius 3 is 3.12 bits per heavy atom. The maximum Gasteiger partial charge on any atom is 0.255 e. The van der Waals surface area contributed by atoms with E-state index in [1.165, 1.54) is 17.4 Å². The average Bonchev–Trinajstić information content (AvgIpc) is 3.06. The summed E-state index contributed by atoms with van der Waals surface area (Å²) in [5, 5.41) is 6.29. The second-order valence-corrected chi connectivity index (χ2v) is 6.66. The molecular formula is C19H21N3O3. The average molecular weight is 339 g/mol. The number of carbonyl (C=O) groups is 2. The Labute approximate surface area is 146 Å². The zero-order valence-corrected chi connectivity index (χ0v) is 14.3. The standard InChI is InChI=1S/C19H21N3O3/c1-11-14(13-5-6-20-7-12(13)8-21-11)9-22-19(24)15-10-25-17-4-2-3-16(23)18(15)17/h8,10,20H,2-7,9H2,1H3,(H,22,24). The van der Waals surface area contributed by atoms with Gasteiger partial charge < -0.3 is 15.1 Å². The van der Waals surface area contributed by atoms with Gasteiger partial charge in [-0.05, 0) is 43.0 Å². The van der Waals surface area contributed by atoms with Gasteiger partial charge in [-0.3, -0.25) is 14.6 Å². The van der Waals surface area contributed by atoms with Crippen LogP contribution in [0.1, 0.15) is 61.7 Å². The summed E-state index contributed by atoms with van der Waals surface area (Å²) in [6, 6.07) is 0. The van der Waals surface area contributed by atoms with Crippen LogP contribution in [0.25, 0.3) is 0 Å². The number of rotatable bonds is 3. The van der Waals surface area contributed by atoms with Gasteiger partial charge in [0.05, 0.1) is 11.1 Å². The normalized spacial score (nSPS) is 16.3. The number of fused-ring (bicyclic) bond motifs is 2. The molecule has 0 spiro atoms. The molecule has 0 saturated carbocycles. The minimum atomic E-state index is -0.258. The molecule has 3 heterocycles. The Morgan fingerprint density at radius 1 is 1.36 bits per heavy atom. The fourth-order valence-electron chi connectivity index (χ4n) is 3.73. The summed E-state index contributed by atoms with van der Waals surface area (Å²) in [7, 11) is 0. The van der Waals surface area contributed by atoms with Crippen LogP contribution < -0.4 is 10.6 Å². The Kier molecular flexibility index (Phi) is 4.13. The van der Waals surface area contributed by atoms with Crippen LogP contribution in [0.5, 0.6) is 0 Å². The minimum Gasteiger partial charge on any atom is -0.468 e. The Hall–Kier alpha value is -2.47. The Balaban J connectivity index is 1.56. The van der Waals surface area contributed by atoms with Gasteiger partial charge in [-0.15, -0.1) is 0 Å². The third kappa shape index (κ3) is 2.87. The van der Waals surface area contributed by atoms with E-state index in [4.69, 9.17) is 4.42 Å². The molecule has 0 bridgehead atoms. The molecular weight excluding hydrogens is 318 g/mol. The second kappa shape index (κ2) is 6.44. The number of aryl methyl sites for hydroxylation is 2. The van der Waals surface area contributed by atoms with Crippen LogP contribution in [0.2, 0.25) is 0 Å². The number of pyridine rings is 1. The number of furan rings is 1. The molecule has 2 aromatic heterocycles. The van der Waals surface area contributed by atoms with Crippen LogP contribution in [0.15, 0.2) is 16.9 Å². The van der Waals surface area contributed by atoms with Crippen molar-refractivity contribution in [3.63, 3.8) is 0 Å². The van der Waals surface area contributed by atoms with E-state index in [2.05, 4.69) is 15.6 Å². The van der Waals surface area contributed by atoms with Crippen molar-refractivity contribution in [3.8, 4) is 0 Å². The molecule has 1 aliphatic heterocycles. The monoisotopic (exact) mass is 339 g/mol. The van der Waals surface area contributed by atoms with Gasteiger partial charge in [-0.25, -0.2) is 0 Å². The molecule has 25 heavy (non-hydrogen) atoms. The van der Waals surface area contributed by atoms with Gasteiger partial charge in [0.2, 0.25) is 0 Å². The smallest absolute Gasteiger partial charge is 0.255 e. The van der Waals surface area contributed by atoms with Crippen molar-refractivity contribution in [1.29, 1.82) is 0 Å². The third-order valence-corrected chi connectivity index (χ3v) is 5.09. The summed E-state index contributed by atoms with van der Waals surface area (Å²) in [6.45, 7) is 4.12. The van der Waals surface area contributed by atoms with Crippen LogP contribution in [-0.2, 0) is 25.9 Å². The zero-order valence-electron chi connectivity index (χ0n) is 14.3. The summed E-state index contributed by atoms with van der Waals surface area (Å²) >= 11 is 0. The highest BCUT2D eigenvalue weighted by molar-refractivity contribution is 6.09. The summed E-state index contributed by atoms with van der Waals surface area (Å²) < 4.78 is 5.44. The van der Waals surface area contributed by atoms with Crippen molar-refractivity contribution in [3.05, 3.63) is 51.7 Å². The Bertz CT molecular complexity index is 854. The van der Waals surface area contributed by atoms with E-state index < -0.39 is 0 Å². The van der Waals surface area contributed by atoms with Crippen molar-refractivity contribution < 1.29 is 14.0 Å². The quantitative estimate of drug-likeness (QED) is 0.894. The number of hydrogen-bond acceptors (Lipinski definition) is 5. The first-order valence-electron chi connectivity index (χ1n) is 8.74. The molecule has 0 fully saturated rings. The minimum absolute atomic E-state index is 0.00108. The Morgan fingerprint density at radius 2 is 2.24 bits per heavy atom. The molecule has 0 atom stereocenters. The van der Waals surface area contributed by atoms with E-state index in [1.54, 1.807) is 0 Å². The van der Waals surface area contributed by atoms with Crippen LogP contribution in [-0.4, -0.2) is 23.2 Å². The van der Waals surface area contributed by atoms with Crippen molar-refractivity contribution in [2.75, 3.05) is 6.54 Å². The van der Waals surface area contributed by atoms with Gasteiger partial charge in [0, 0.05) is 37.8 Å². The van der Waals surface area contributed by atoms with Crippen molar-refractivity contribution in [2.45, 2.75) is 45.7 Å². The van der Waals surface area contributed by atoms with E-state index in [1.807, 2.05) is 13.1 Å². The predicted molar refractivity (Wildman–Crippen MR) is 91.5 cm³/mol. The third-order valence-electron chi connectivity index (χ3n) is 5.09. The molecule has 2 aromatic rings. The predicted octanol–water partition coefficient (Wildman–Crippen LogP) is 2.08. The first kappa shape index (κ1) is 16.0. The molecule has 1 aliphatic carbocycles. The van der Waals surface area contributed by atoms with E-state index in [9.17, 15) is 9.59 Å². The molecule has 130 valence electrons. The molecule has 6 nitrogen and oxygen atoms in total. The molecule has 2 aliphatic rings. The number of carbonyl (C=O) groups excluding carboxylic acids is 2. The lowest BCUT2D eigenvalue weighted by molar-refractivity contribution is 0.0926. The number of amides is 1. The van der Waals surface area contributed by atoms with Gasteiger partial charge in [0.25, 0.3) is 5.91 Å². The molecule has 0 radical (unpaired) electrons. The van der Waals surface area contributed by atoms with Gasteiger partial charge in [-0.1, -0.05) is 0 Å².